The number of allylic oxidation sites excluding steroid dienone is 1. The zero-order valence-electron chi connectivity index (χ0n) is 51.5. The van der Waals surface area contributed by atoms with Crippen molar-refractivity contribution in [1.82, 2.24) is 0 Å². The van der Waals surface area contributed by atoms with Gasteiger partial charge in [-0.3, -0.25) is 0 Å². The van der Waals surface area contributed by atoms with Crippen molar-refractivity contribution in [1.29, 1.82) is 0 Å². The van der Waals surface area contributed by atoms with E-state index >= 15 is 0 Å². The Balaban J connectivity index is 0.878. The molecule has 0 amide bonds. The highest BCUT2D eigenvalue weighted by atomic mass is 16.8. The van der Waals surface area contributed by atoms with Gasteiger partial charge in [-0.2, -0.15) is 0 Å². The van der Waals surface area contributed by atoms with E-state index < -0.39 is 215 Å². The van der Waals surface area contributed by atoms with E-state index in [4.69, 9.17) is 47.4 Å². The SMILES string of the molecule is C[C@H](CC[C@@H](O[C@@H]1O[C@H](CO[C@H]2O[C@H](CO)[C@@H](O)[C@H](O)[C@H]2O)[C@@H](O)[C@H](O)[C@H]1O[C@H]1C[C@@H](O)[C@H](O)[C@@H](CO)O1)C(C)(C)O)C1CC[C@@]2(C)C3CC=C4C(CC[C@H](O[C@@H]5O[C@H](CO)[C@@H](O[C@H]6O[C@H](CO)[C@@H](O)[C@H](O)[C@H]6O)[C@H](O)[C@H]5O)C4(C)C)[C@]3(C)[C@H](O)C[C@]12C. The summed E-state index contributed by atoms with van der Waals surface area (Å²) in [6, 6.07) is 0. The second-order valence-corrected chi connectivity index (χ2v) is 28.6. The van der Waals surface area contributed by atoms with Crippen molar-refractivity contribution in [2.45, 2.75) is 285 Å². The summed E-state index contributed by atoms with van der Waals surface area (Å²) in [5.41, 5.74) is -2.34. The number of fused-ring (bicyclic) bond motifs is 5. The van der Waals surface area contributed by atoms with Gasteiger partial charge in [0.25, 0.3) is 0 Å². The summed E-state index contributed by atoms with van der Waals surface area (Å²) in [6.45, 7) is 12.7. The first-order valence-corrected chi connectivity index (χ1v) is 31.5. The molecule has 510 valence electrons. The van der Waals surface area contributed by atoms with Gasteiger partial charge in [-0.15, -0.1) is 0 Å². The largest absolute Gasteiger partial charge is 0.394 e. The Kier molecular flexibility index (Phi) is 22.1. The van der Waals surface area contributed by atoms with Crippen LogP contribution in [0.15, 0.2) is 11.6 Å². The molecule has 3 saturated carbocycles. The number of aliphatic hydroxyl groups excluding tert-OH is 17. The van der Waals surface area contributed by atoms with Crippen molar-refractivity contribution >= 4 is 0 Å². The molecule has 0 aromatic rings. The standard InChI is InChI=1S/C60H102O28/c1-24(9-13-37(57(4,5)78)86-55-51(87-38-17-28(65)39(67)29(19-61)80-38)45(73)42(70)33(84-55)23-79-52-47(75)43(71)40(68)30(20-62)81-52)25-15-16-58(6)34-12-10-26-27(60(34,8)35(66)18-59(25,58)7)11-14-36(56(26,2)3)85-53-49(77)46(74)50(32(22-64)83-53)88-54-48(76)44(72)41(69)31(21-63)82-54/h10,24-25,27-55,61-78H,9,11-23H2,1-8H3/t24-,25?,27?,28-,29-,30-,31-,32-,33-,34?,35-,36+,37-,38+,39+,40-,41-,42-,43+,44+,45+,46-,47-,48-,49-,50-,51-,52+,53+,54-,55+,58+,59-,60+/m1/s1. The fourth-order valence-electron chi connectivity index (χ4n) is 17.1. The van der Waals surface area contributed by atoms with Gasteiger partial charge in [0.15, 0.2) is 31.5 Å². The van der Waals surface area contributed by atoms with E-state index in [1.165, 1.54) is 0 Å². The molecule has 0 bridgehead atoms. The average molecular weight is 1270 g/mol. The molecule has 8 fully saturated rings. The Hall–Kier alpha value is -1.38. The molecule has 9 rings (SSSR count). The van der Waals surface area contributed by atoms with Gasteiger partial charge < -0.3 is 139 Å². The van der Waals surface area contributed by atoms with Crippen molar-refractivity contribution < 1.29 is 139 Å². The highest BCUT2D eigenvalue weighted by molar-refractivity contribution is 5.32. The molecular formula is C60H102O28. The number of hydrogen-bond donors (Lipinski definition) is 18. The molecule has 28 heteroatoms. The van der Waals surface area contributed by atoms with Gasteiger partial charge in [0.1, 0.15) is 110 Å². The van der Waals surface area contributed by atoms with Crippen LogP contribution in [0.3, 0.4) is 0 Å². The van der Waals surface area contributed by atoms with Crippen LogP contribution in [-0.4, -0.2) is 296 Å². The fraction of sp³-hybridized carbons (Fsp3) is 0.967. The lowest BCUT2D eigenvalue weighted by molar-refractivity contribution is -0.369. The molecule has 0 radical (unpaired) electrons. The summed E-state index contributed by atoms with van der Waals surface area (Å²) in [5, 5.41) is 194. The van der Waals surface area contributed by atoms with Gasteiger partial charge in [-0.05, 0) is 99.7 Å². The first-order valence-electron chi connectivity index (χ1n) is 31.5. The second-order valence-electron chi connectivity index (χ2n) is 28.6. The summed E-state index contributed by atoms with van der Waals surface area (Å²) < 4.78 is 59.9. The molecule has 5 heterocycles. The minimum Gasteiger partial charge on any atom is -0.394 e. The Morgan fingerprint density at radius 3 is 1.70 bits per heavy atom. The molecule has 18 N–H and O–H groups in total. The van der Waals surface area contributed by atoms with E-state index in [-0.39, 0.29) is 47.3 Å². The monoisotopic (exact) mass is 1270 g/mol. The molecule has 28 nitrogen and oxygen atoms in total. The molecule has 5 saturated heterocycles. The first kappa shape index (κ1) is 70.9. The van der Waals surface area contributed by atoms with E-state index in [0.29, 0.717) is 32.1 Å². The van der Waals surface area contributed by atoms with Crippen LogP contribution in [0.5, 0.6) is 0 Å². The summed E-state index contributed by atoms with van der Waals surface area (Å²) in [6.07, 6.45) is -33.5. The lowest BCUT2D eigenvalue weighted by Crippen LogP contribution is -2.66. The molecule has 5 aliphatic heterocycles. The molecule has 3 unspecified atom stereocenters. The van der Waals surface area contributed by atoms with E-state index in [9.17, 15) is 91.9 Å². The molecule has 0 aromatic carbocycles. The van der Waals surface area contributed by atoms with Crippen molar-refractivity contribution in [3.8, 4) is 0 Å². The van der Waals surface area contributed by atoms with Crippen LogP contribution in [0, 0.1) is 45.3 Å². The van der Waals surface area contributed by atoms with Crippen molar-refractivity contribution in [3.05, 3.63) is 11.6 Å². The van der Waals surface area contributed by atoms with Crippen LogP contribution in [0.25, 0.3) is 0 Å². The molecule has 9 aliphatic rings. The maximum Gasteiger partial charge on any atom is 0.187 e. The molecule has 34 atom stereocenters. The van der Waals surface area contributed by atoms with E-state index in [0.717, 1.165) is 18.4 Å². The summed E-state index contributed by atoms with van der Waals surface area (Å²) >= 11 is 0. The maximum atomic E-state index is 12.8. The summed E-state index contributed by atoms with van der Waals surface area (Å²) in [7, 11) is 0. The van der Waals surface area contributed by atoms with Crippen LogP contribution in [0.1, 0.15) is 113 Å². The summed E-state index contributed by atoms with van der Waals surface area (Å²) in [5.74, 6) is 0.0861. The third-order valence-electron chi connectivity index (χ3n) is 22.8. The Morgan fingerprint density at radius 1 is 0.557 bits per heavy atom. The number of rotatable bonds is 20. The van der Waals surface area contributed by atoms with Crippen LogP contribution in [0.4, 0.5) is 0 Å². The zero-order chi connectivity index (χ0) is 64.7. The predicted molar refractivity (Wildman–Crippen MR) is 299 cm³/mol. The first-order chi connectivity index (χ1) is 41.2. The third kappa shape index (κ3) is 12.8. The average Bonchev–Trinajstić information content (AvgIpc) is 1.28. The number of aliphatic hydroxyl groups is 18. The van der Waals surface area contributed by atoms with E-state index in [1.54, 1.807) is 13.8 Å². The van der Waals surface area contributed by atoms with Gasteiger partial charge in [0, 0.05) is 17.3 Å². The summed E-state index contributed by atoms with van der Waals surface area (Å²) in [4.78, 5) is 0. The second kappa shape index (κ2) is 27.4. The van der Waals surface area contributed by atoms with Gasteiger partial charge in [-0.25, -0.2) is 0 Å². The van der Waals surface area contributed by atoms with E-state index in [1.807, 2.05) is 13.8 Å². The van der Waals surface area contributed by atoms with Crippen molar-refractivity contribution in [2.24, 2.45) is 45.3 Å². The van der Waals surface area contributed by atoms with Crippen LogP contribution in [0.2, 0.25) is 0 Å². The van der Waals surface area contributed by atoms with Crippen LogP contribution < -0.4 is 0 Å². The molecule has 4 aliphatic carbocycles. The molecule has 0 spiro atoms. The van der Waals surface area contributed by atoms with Crippen molar-refractivity contribution in [2.75, 3.05) is 33.0 Å². The van der Waals surface area contributed by atoms with E-state index in [2.05, 4.69) is 33.8 Å². The van der Waals surface area contributed by atoms with Gasteiger partial charge in [0.2, 0.25) is 0 Å². The minimum atomic E-state index is -1.83. The van der Waals surface area contributed by atoms with Gasteiger partial charge in [-0.1, -0.05) is 53.2 Å². The normalized spacial score (nSPS) is 51.4. The smallest absolute Gasteiger partial charge is 0.187 e. The Morgan fingerprint density at radius 2 is 1.09 bits per heavy atom. The van der Waals surface area contributed by atoms with Gasteiger partial charge >= 0.3 is 0 Å². The number of ether oxygens (including phenoxy) is 10. The quantitative estimate of drug-likeness (QED) is 0.0512. The lowest BCUT2D eigenvalue weighted by Gasteiger charge is -2.67. The highest BCUT2D eigenvalue weighted by Gasteiger charge is 2.70. The molecule has 88 heavy (non-hydrogen) atoms. The van der Waals surface area contributed by atoms with Gasteiger partial charge in [0.05, 0.1) is 63.1 Å². The predicted octanol–water partition coefficient (Wildman–Crippen LogP) is -4.38. The minimum absolute atomic E-state index is 0.000640. The topological polar surface area (TPSA) is 456 Å². The Bertz CT molecular complexity index is 2310. The van der Waals surface area contributed by atoms with Crippen LogP contribution in [-0.2, 0) is 47.4 Å². The fourth-order valence-corrected chi connectivity index (χ4v) is 17.1. The number of hydrogen-bond acceptors (Lipinski definition) is 28. The Labute approximate surface area is 512 Å². The van der Waals surface area contributed by atoms with Crippen molar-refractivity contribution in [3.63, 3.8) is 0 Å². The highest BCUT2D eigenvalue weighted by Crippen LogP contribution is 2.75. The lowest BCUT2D eigenvalue weighted by atomic mass is 9.38. The maximum absolute atomic E-state index is 12.8. The molecule has 0 aromatic heterocycles. The van der Waals surface area contributed by atoms with Crippen LogP contribution >= 0.6 is 0 Å². The third-order valence-corrected chi connectivity index (χ3v) is 22.8. The molecular weight excluding hydrogens is 1170 g/mol. The zero-order valence-corrected chi connectivity index (χ0v) is 51.5.